The molecule has 1 N–H and O–H groups in total. The molecule has 0 fully saturated rings. The minimum atomic E-state index is -1.37. The highest BCUT2D eigenvalue weighted by Crippen LogP contribution is 2.34. The zero-order chi connectivity index (χ0) is 13.3. The molecular weight excluding hydrogens is 239 g/mol. The fourth-order valence-electron chi connectivity index (χ4n) is 1.26. The number of nitrogens with one attached hydrogen (secondary N) is 1. The van der Waals surface area contributed by atoms with Crippen LogP contribution in [-0.2, 0) is 11.4 Å². The van der Waals surface area contributed by atoms with Crippen LogP contribution in [0.3, 0.4) is 0 Å². The lowest BCUT2D eigenvalue weighted by Crippen LogP contribution is -2.26. The minimum Gasteiger partial charge on any atom is -0.591 e. The number of hydrogen-bond donors (Lipinski definition) is 1. The van der Waals surface area contributed by atoms with Gasteiger partial charge in [0.25, 0.3) is 0 Å². The number of rotatable bonds is 3. The summed E-state index contributed by atoms with van der Waals surface area (Å²) in [6, 6.07) is 0. The van der Waals surface area contributed by atoms with Crippen molar-refractivity contribution in [3.63, 3.8) is 0 Å². The molecule has 17 heavy (non-hydrogen) atoms. The maximum Gasteiger partial charge on any atom is 0.144 e. The molecule has 0 spiro atoms. The monoisotopic (exact) mass is 258 g/mol. The van der Waals surface area contributed by atoms with Crippen molar-refractivity contribution in [3.05, 3.63) is 24.2 Å². The van der Waals surface area contributed by atoms with Crippen LogP contribution in [0.15, 0.2) is 28.6 Å². The Kier molecular flexibility index (Phi) is 4.04. The van der Waals surface area contributed by atoms with E-state index in [2.05, 4.69) is 16.3 Å². The van der Waals surface area contributed by atoms with Crippen LogP contribution >= 0.6 is 0 Å². The van der Waals surface area contributed by atoms with Gasteiger partial charge >= 0.3 is 0 Å². The van der Waals surface area contributed by atoms with E-state index in [9.17, 15) is 8.94 Å². The van der Waals surface area contributed by atoms with Gasteiger partial charge in [-0.2, -0.15) is 0 Å². The van der Waals surface area contributed by atoms with E-state index in [0.717, 1.165) is 0 Å². The maximum atomic E-state index is 13.9. The minimum absolute atomic E-state index is 0.296. The number of hydrogen-bond acceptors (Lipinski definition) is 3. The summed E-state index contributed by atoms with van der Waals surface area (Å²) in [6.07, 6.45) is 2.88. The van der Waals surface area contributed by atoms with E-state index in [4.69, 9.17) is 0 Å². The van der Waals surface area contributed by atoms with Crippen LogP contribution in [0.1, 0.15) is 27.7 Å². The second-order valence-electron chi connectivity index (χ2n) is 5.30. The molecule has 1 aliphatic rings. The molecule has 0 bridgehead atoms. The van der Waals surface area contributed by atoms with E-state index in [0.29, 0.717) is 12.2 Å². The third kappa shape index (κ3) is 3.10. The van der Waals surface area contributed by atoms with Crippen LogP contribution < -0.4 is 5.32 Å². The third-order valence-electron chi connectivity index (χ3n) is 2.64. The van der Waals surface area contributed by atoms with Crippen molar-refractivity contribution in [1.82, 2.24) is 5.32 Å². The Morgan fingerprint density at radius 3 is 2.59 bits per heavy atom. The van der Waals surface area contributed by atoms with Crippen LogP contribution in [0, 0.1) is 5.41 Å². The number of halogens is 1. The Bertz CT molecular complexity index is 373. The summed E-state index contributed by atoms with van der Waals surface area (Å²) < 4.78 is 29.1. The van der Waals surface area contributed by atoms with Gasteiger partial charge in [-0.25, -0.2) is 4.39 Å². The molecule has 0 aromatic heterocycles. The SMILES string of the molecule is C=CC1(C)CNC(C=N[S+]([O-])C(C)(C)C)=C1F. The molecular formula is C12H19FN2OS. The van der Waals surface area contributed by atoms with E-state index in [-0.39, 0.29) is 5.83 Å². The first-order valence-corrected chi connectivity index (χ1v) is 6.55. The van der Waals surface area contributed by atoms with Gasteiger partial charge in [-0.3, -0.25) is 0 Å². The highest BCUT2D eigenvalue weighted by atomic mass is 32.2. The third-order valence-corrected chi connectivity index (χ3v) is 3.98. The first kappa shape index (κ1) is 14.3. The largest absolute Gasteiger partial charge is 0.591 e. The lowest BCUT2D eigenvalue weighted by Gasteiger charge is -2.17. The van der Waals surface area contributed by atoms with Crippen LogP contribution in [0.5, 0.6) is 0 Å². The normalized spacial score (nSPS) is 27.4. The van der Waals surface area contributed by atoms with Crippen molar-refractivity contribution in [1.29, 1.82) is 0 Å². The smallest absolute Gasteiger partial charge is 0.144 e. The molecule has 0 radical (unpaired) electrons. The van der Waals surface area contributed by atoms with Gasteiger partial charge in [-0.15, -0.1) is 6.58 Å². The predicted octanol–water partition coefficient (Wildman–Crippen LogP) is 2.50. The highest BCUT2D eigenvalue weighted by molar-refractivity contribution is 7.91. The second kappa shape index (κ2) is 4.82. The maximum absolute atomic E-state index is 13.9. The zero-order valence-electron chi connectivity index (χ0n) is 10.7. The predicted molar refractivity (Wildman–Crippen MR) is 70.8 cm³/mol. The van der Waals surface area contributed by atoms with E-state index >= 15 is 0 Å². The summed E-state index contributed by atoms with van der Waals surface area (Å²) in [5.41, 5.74) is -0.394. The second-order valence-corrected chi connectivity index (χ2v) is 7.23. The fraction of sp³-hybridized carbons (Fsp3) is 0.583. The summed E-state index contributed by atoms with van der Waals surface area (Å²) in [6.45, 7) is 11.3. The van der Waals surface area contributed by atoms with Crippen molar-refractivity contribution in [3.8, 4) is 0 Å². The van der Waals surface area contributed by atoms with Gasteiger partial charge in [0, 0.05) is 6.54 Å². The number of allylic oxidation sites excluding steroid dienone is 1. The van der Waals surface area contributed by atoms with Gasteiger partial charge in [0.2, 0.25) is 0 Å². The van der Waals surface area contributed by atoms with Crippen LogP contribution in [0.4, 0.5) is 4.39 Å². The van der Waals surface area contributed by atoms with E-state index < -0.39 is 21.5 Å². The Hall–Kier alpha value is -0.810. The van der Waals surface area contributed by atoms with Crippen molar-refractivity contribution in [2.24, 2.45) is 9.81 Å². The van der Waals surface area contributed by atoms with Gasteiger partial charge in [0.15, 0.2) is 0 Å². The van der Waals surface area contributed by atoms with Crippen LogP contribution in [-0.4, -0.2) is 22.1 Å². The molecule has 0 amide bonds. The summed E-state index contributed by atoms with van der Waals surface area (Å²) in [5.74, 6) is -0.304. The fourth-order valence-corrected chi connectivity index (χ4v) is 1.78. The van der Waals surface area contributed by atoms with Crippen LogP contribution in [0.25, 0.3) is 0 Å². The molecule has 2 unspecified atom stereocenters. The summed E-state index contributed by atoms with van der Waals surface area (Å²) in [7, 11) is 0. The molecule has 2 atom stereocenters. The lowest BCUT2D eigenvalue weighted by atomic mass is 9.91. The molecule has 0 saturated carbocycles. The quantitative estimate of drug-likeness (QED) is 0.480. The van der Waals surface area contributed by atoms with Gasteiger partial charge in [0.05, 0.1) is 11.1 Å². The topological polar surface area (TPSA) is 47.5 Å². The molecule has 96 valence electrons. The zero-order valence-corrected chi connectivity index (χ0v) is 11.5. The molecule has 0 saturated heterocycles. The van der Waals surface area contributed by atoms with Crippen molar-refractivity contribution in [2.75, 3.05) is 6.54 Å². The highest BCUT2D eigenvalue weighted by Gasteiger charge is 2.35. The Morgan fingerprint density at radius 2 is 2.18 bits per heavy atom. The van der Waals surface area contributed by atoms with Gasteiger partial charge in [0.1, 0.15) is 28.2 Å². The summed E-state index contributed by atoms with van der Waals surface area (Å²) in [4.78, 5) is 0. The molecule has 3 nitrogen and oxygen atoms in total. The Balaban J connectivity index is 2.84. The first-order valence-electron chi connectivity index (χ1n) is 5.44. The molecule has 0 aromatic carbocycles. The summed E-state index contributed by atoms with van der Waals surface area (Å²) >= 11 is -1.37. The van der Waals surface area contributed by atoms with E-state index in [1.165, 1.54) is 6.21 Å². The molecule has 1 aliphatic heterocycles. The van der Waals surface area contributed by atoms with E-state index in [1.54, 1.807) is 13.0 Å². The molecule has 1 rings (SSSR count). The summed E-state index contributed by atoms with van der Waals surface area (Å²) in [5, 5.41) is 2.90. The Labute approximate surface area is 105 Å². The molecule has 0 aromatic rings. The first-order chi connectivity index (χ1) is 7.70. The van der Waals surface area contributed by atoms with Crippen molar-refractivity contribution >= 4 is 17.6 Å². The Morgan fingerprint density at radius 1 is 1.59 bits per heavy atom. The average molecular weight is 258 g/mol. The molecule has 0 aliphatic carbocycles. The van der Waals surface area contributed by atoms with Crippen LogP contribution in [0.2, 0.25) is 0 Å². The van der Waals surface area contributed by atoms with Crippen molar-refractivity contribution < 1.29 is 8.94 Å². The standard InChI is InChI=1S/C12H19FN2OS/c1-6-12(5)8-14-9(10(12)13)7-15-17(16)11(2,3)4/h6-7,14H,1,8H2,2-5H3. The number of nitrogens with zero attached hydrogens (tertiary/aromatic N) is 1. The molecule has 5 heteroatoms. The van der Waals surface area contributed by atoms with E-state index in [1.807, 2.05) is 20.8 Å². The molecule has 1 heterocycles. The van der Waals surface area contributed by atoms with Gasteiger partial charge in [-0.05, 0) is 27.7 Å². The van der Waals surface area contributed by atoms with Gasteiger partial charge < -0.3 is 9.87 Å². The van der Waals surface area contributed by atoms with Crippen molar-refractivity contribution in [2.45, 2.75) is 32.4 Å². The average Bonchev–Trinajstić information content (AvgIpc) is 2.52. The van der Waals surface area contributed by atoms with Gasteiger partial charge in [-0.1, -0.05) is 10.5 Å². The lowest BCUT2D eigenvalue weighted by molar-refractivity contribution is 0.424.